The van der Waals surface area contributed by atoms with Gasteiger partial charge in [0.15, 0.2) is 0 Å². The van der Waals surface area contributed by atoms with Crippen molar-refractivity contribution >= 4 is 23.4 Å². The van der Waals surface area contributed by atoms with E-state index in [4.69, 9.17) is 9.47 Å². The van der Waals surface area contributed by atoms with E-state index in [0.717, 1.165) is 80.3 Å². The third-order valence-corrected chi connectivity index (χ3v) is 10.3. The lowest BCUT2D eigenvalue weighted by atomic mass is 9.80. The number of nitrogens with one attached hydrogen (secondary N) is 1. The first-order valence-corrected chi connectivity index (χ1v) is 17.3. The Morgan fingerprint density at radius 3 is 2.54 bits per heavy atom. The molecule has 0 aliphatic carbocycles. The topological polar surface area (TPSA) is 112 Å². The summed E-state index contributed by atoms with van der Waals surface area (Å²) in [4.78, 5) is 43.5. The van der Waals surface area contributed by atoms with E-state index >= 15 is 0 Å². The van der Waals surface area contributed by atoms with E-state index in [1.54, 1.807) is 17.0 Å². The fourth-order valence-corrected chi connectivity index (χ4v) is 7.60. The Labute approximate surface area is 281 Å². The molecule has 4 aliphatic heterocycles. The zero-order valence-corrected chi connectivity index (χ0v) is 27.5. The van der Waals surface area contributed by atoms with Gasteiger partial charge in [-0.05, 0) is 79.8 Å². The van der Waals surface area contributed by atoms with Gasteiger partial charge in [-0.25, -0.2) is 0 Å². The molecule has 0 bridgehead atoms. The van der Waals surface area contributed by atoms with Crippen molar-refractivity contribution in [2.75, 3.05) is 50.8 Å². The first-order valence-electron chi connectivity index (χ1n) is 17.3. The van der Waals surface area contributed by atoms with Crippen molar-refractivity contribution in [3.05, 3.63) is 82.9 Å². The highest BCUT2D eigenvalue weighted by Gasteiger charge is 2.39. The van der Waals surface area contributed by atoms with Gasteiger partial charge in [-0.15, -0.1) is 0 Å². The number of carbonyl (C=O) groups is 3. The summed E-state index contributed by atoms with van der Waals surface area (Å²) in [6, 6.07) is 19.2. The summed E-state index contributed by atoms with van der Waals surface area (Å²) in [6.45, 7) is 8.87. The maximum atomic E-state index is 13.0. The van der Waals surface area contributed by atoms with Crippen LogP contribution in [-0.4, -0.2) is 84.6 Å². The van der Waals surface area contributed by atoms with Crippen LogP contribution in [0.15, 0.2) is 60.7 Å². The Kier molecular flexibility index (Phi) is 9.26. The summed E-state index contributed by atoms with van der Waals surface area (Å²) >= 11 is 0. The smallest absolute Gasteiger partial charge is 0.255 e. The number of imide groups is 1. The molecule has 252 valence electrons. The van der Waals surface area contributed by atoms with Crippen LogP contribution in [0.4, 0.5) is 5.69 Å². The molecule has 0 radical (unpaired) electrons. The van der Waals surface area contributed by atoms with E-state index in [9.17, 15) is 19.5 Å². The third-order valence-electron chi connectivity index (χ3n) is 10.3. The van der Waals surface area contributed by atoms with Crippen LogP contribution in [0.25, 0.3) is 0 Å². The number of piperazine rings is 1. The van der Waals surface area contributed by atoms with Gasteiger partial charge in [0.25, 0.3) is 5.91 Å². The molecule has 3 aromatic carbocycles. The first kappa shape index (κ1) is 32.0. The molecule has 0 spiro atoms. The van der Waals surface area contributed by atoms with Gasteiger partial charge in [-0.2, -0.15) is 0 Å². The second kappa shape index (κ2) is 13.9. The molecule has 10 nitrogen and oxygen atoms in total. The van der Waals surface area contributed by atoms with Crippen LogP contribution in [0.3, 0.4) is 0 Å². The molecular weight excluding hydrogens is 608 g/mol. The molecule has 2 saturated heterocycles. The monoisotopic (exact) mass is 652 g/mol. The number of fused-ring (bicyclic) bond motifs is 2. The van der Waals surface area contributed by atoms with E-state index in [0.29, 0.717) is 37.7 Å². The van der Waals surface area contributed by atoms with Crippen molar-refractivity contribution in [1.29, 1.82) is 0 Å². The van der Waals surface area contributed by atoms with Crippen LogP contribution in [0.1, 0.15) is 72.0 Å². The van der Waals surface area contributed by atoms with E-state index in [2.05, 4.69) is 52.4 Å². The summed E-state index contributed by atoms with van der Waals surface area (Å²) in [6.07, 6.45) is 3.90. The molecule has 3 unspecified atom stereocenters. The van der Waals surface area contributed by atoms with Crippen LogP contribution in [0.2, 0.25) is 0 Å². The number of ether oxygens (including phenoxy) is 2. The van der Waals surface area contributed by atoms with E-state index < -0.39 is 6.04 Å². The molecule has 4 aliphatic rings. The van der Waals surface area contributed by atoms with Gasteiger partial charge in [0.2, 0.25) is 11.8 Å². The SMILES string of the molecule is CC1COc2cc(O)ccc2C1c1ccc(OCCCCCN2CCN(c3ccc4c(c3)CN(C3CCC(=O)NC3=O)C4=O)CC2)cc1. The fourth-order valence-electron chi connectivity index (χ4n) is 7.60. The number of nitrogens with zero attached hydrogens (tertiary/aromatic N) is 3. The van der Waals surface area contributed by atoms with Gasteiger partial charge in [-0.1, -0.05) is 25.1 Å². The Hall–Kier alpha value is -4.57. The number of unbranched alkanes of at least 4 members (excludes halogenated alkanes) is 2. The highest BCUT2D eigenvalue weighted by Crippen LogP contribution is 2.43. The van der Waals surface area contributed by atoms with E-state index in [-0.39, 0.29) is 35.8 Å². The van der Waals surface area contributed by atoms with Crippen LogP contribution < -0.4 is 19.7 Å². The van der Waals surface area contributed by atoms with E-state index in [1.807, 2.05) is 18.2 Å². The predicted molar refractivity (Wildman–Crippen MR) is 182 cm³/mol. The molecule has 0 aromatic heterocycles. The standard InChI is InChI=1S/C38H44N4O6/c1-25-24-48-34-22-29(43)8-12-32(34)36(25)26-5-9-30(10-6-26)47-20-4-2-3-15-40-16-18-41(19-17-40)28-7-11-31-27(21-28)23-42(38(31)46)33-13-14-35(44)39-37(33)45/h5-12,21-22,25,33,36,43H,2-4,13-20,23-24H2,1H3,(H,39,44,45). The summed E-state index contributed by atoms with van der Waals surface area (Å²) < 4.78 is 11.9. The average molecular weight is 653 g/mol. The van der Waals surface area contributed by atoms with Crippen LogP contribution >= 0.6 is 0 Å². The normalized spacial score (nSPS) is 22.6. The molecule has 10 heteroatoms. The number of hydrogen-bond acceptors (Lipinski definition) is 8. The minimum atomic E-state index is -0.587. The summed E-state index contributed by atoms with van der Waals surface area (Å²) in [7, 11) is 0. The van der Waals surface area contributed by atoms with Crippen molar-refractivity contribution in [1.82, 2.24) is 15.1 Å². The number of rotatable bonds is 10. The average Bonchev–Trinajstić information content (AvgIpc) is 3.42. The number of benzene rings is 3. The van der Waals surface area contributed by atoms with Gasteiger partial charge in [0, 0.05) is 73.9 Å². The molecule has 2 N–H and O–H groups in total. The van der Waals surface area contributed by atoms with Crippen molar-refractivity contribution in [2.45, 2.75) is 57.5 Å². The Bertz CT molecular complexity index is 1670. The van der Waals surface area contributed by atoms with Gasteiger partial charge in [0.1, 0.15) is 23.3 Å². The summed E-state index contributed by atoms with van der Waals surface area (Å²) in [5, 5.41) is 12.2. The molecule has 4 heterocycles. The Morgan fingerprint density at radius 1 is 0.938 bits per heavy atom. The molecule has 3 aromatic rings. The van der Waals surface area contributed by atoms with Gasteiger partial charge >= 0.3 is 0 Å². The third kappa shape index (κ3) is 6.71. The first-order chi connectivity index (χ1) is 23.3. The Morgan fingerprint density at radius 2 is 1.75 bits per heavy atom. The van der Waals surface area contributed by atoms with Crippen molar-refractivity contribution in [3.8, 4) is 17.2 Å². The highest BCUT2D eigenvalue weighted by atomic mass is 16.5. The number of hydrogen-bond donors (Lipinski definition) is 2. The molecular formula is C38H44N4O6. The predicted octanol–water partition coefficient (Wildman–Crippen LogP) is 4.68. The maximum absolute atomic E-state index is 13.0. The number of aromatic hydroxyl groups is 1. The zero-order valence-electron chi connectivity index (χ0n) is 27.5. The minimum absolute atomic E-state index is 0.131. The number of phenolic OH excluding ortho intramolecular Hbond substituents is 1. The molecule has 48 heavy (non-hydrogen) atoms. The molecule has 7 rings (SSSR count). The van der Waals surface area contributed by atoms with Gasteiger partial charge in [0.05, 0.1) is 13.2 Å². The van der Waals surface area contributed by atoms with Crippen LogP contribution in [0.5, 0.6) is 17.2 Å². The molecule has 3 amide bonds. The lowest BCUT2D eigenvalue weighted by molar-refractivity contribution is -0.136. The van der Waals surface area contributed by atoms with Crippen molar-refractivity contribution in [2.24, 2.45) is 5.92 Å². The van der Waals surface area contributed by atoms with Gasteiger partial charge < -0.3 is 24.4 Å². The number of anilines is 1. The quantitative estimate of drug-likeness (QED) is 0.240. The summed E-state index contributed by atoms with van der Waals surface area (Å²) in [5.41, 5.74) is 5.06. The minimum Gasteiger partial charge on any atom is -0.508 e. The fraction of sp³-hybridized carbons (Fsp3) is 0.447. The largest absolute Gasteiger partial charge is 0.508 e. The van der Waals surface area contributed by atoms with E-state index in [1.165, 1.54) is 5.56 Å². The van der Waals surface area contributed by atoms with Crippen LogP contribution in [-0.2, 0) is 16.1 Å². The second-order valence-corrected chi connectivity index (χ2v) is 13.5. The lowest BCUT2D eigenvalue weighted by Crippen LogP contribution is -2.52. The molecule has 2 fully saturated rings. The Balaban J connectivity index is 0.815. The van der Waals surface area contributed by atoms with Crippen molar-refractivity contribution in [3.63, 3.8) is 0 Å². The summed E-state index contributed by atoms with van der Waals surface area (Å²) in [5.74, 6) is 1.66. The number of phenols is 1. The molecule has 0 saturated carbocycles. The second-order valence-electron chi connectivity index (χ2n) is 13.5. The highest BCUT2D eigenvalue weighted by molar-refractivity contribution is 6.05. The number of carbonyl (C=O) groups excluding carboxylic acids is 3. The van der Waals surface area contributed by atoms with Gasteiger partial charge in [-0.3, -0.25) is 24.6 Å². The lowest BCUT2D eigenvalue weighted by Gasteiger charge is -2.36. The number of piperidine rings is 1. The zero-order chi connectivity index (χ0) is 33.2. The van der Waals surface area contributed by atoms with Crippen LogP contribution in [0, 0.1) is 5.92 Å². The maximum Gasteiger partial charge on any atom is 0.255 e. The number of amides is 3. The van der Waals surface area contributed by atoms with Crippen molar-refractivity contribution < 1.29 is 29.0 Å². The molecule has 3 atom stereocenters.